The maximum absolute atomic E-state index is 12.1. The normalized spacial score (nSPS) is 12.2. The van der Waals surface area contributed by atoms with Crippen molar-refractivity contribution in [3.05, 3.63) is 53.2 Å². The van der Waals surface area contributed by atoms with Gasteiger partial charge in [0.05, 0.1) is 11.6 Å². The summed E-state index contributed by atoms with van der Waals surface area (Å²) in [6, 6.07) is 5.47. The van der Waals surface area contributed by atoms with E-state index in [4.69, 9.17) is 4.42 Å². The van der Waals surface area contributed by atoms with Crippen LogP contribution in [0.15, 0.2) is 35.0 Å². The Bertz CT molecular complexity index is 546. The molecule has 0 aliphatic carbocycles. The molecule has 0 saturated heterocycles. The van der Waals surface area contributed by atoms with Crippen molar-refractivity contribution in [2.24, 2.45) is 0 Å². The van der Waals surface area contributed by atoms with Gasteiger partial charge < -0.3 is 9.73 Å². The Morgan fingerprint density at radius 3 is 2.56 bits per heavy atom. The average Bonchev–Trinajstić information content (AvgIpc) is 2.69. The minimum Gasteiger partial charge on any atom is -0.466 e. The first-order valence-corrected chi connectivity index (χ1v) is 5.85. The number of hydrogen-bond acceptors (Lipinski definition) is 3. The maximum Gasteiger partial charge on any atom is 0.255 e. The number of rotatable bonds is 3. The van der Waals surface area contributed by atoms with Gasteiger partial charge in [0.1, 0.15) is 11.5 Å². The standard InChI is InChI=1S/C14H16N2O2/c1-9-8-13(11(3)18-9)14(17)16-10(2)12-4-6-15-7-5-12/h4-8,10H,1-3H3,(H,16,17)/t10-/m0/s1. The van der Waals surface area contributed by atoms with Crippen molar-refractivity contribution >= 4 is 5.91 Å². The van der Waals surface area contributed by atoms with Gasteiger partial charge in [-0.1, -0.05) is 0 Å². The number of carbonyl (C=O) groups excluding carboxylic acids is 1. The SMILES string of the molecule is Cc1cc(C(=O)N[C@@H](C)c2ccncc2)c(C)o1. The Kier molecular flexibility index (Phi) is 3.46. The van der Waals surface area contributed by atoms with E-state index in [1.54, 1.807) is 25.4 Å². The van der Waals surface area contributed by atoms with Gasteiger partial charge in [0.25, 0.3) is 5.91 Å². The lowest BCUT2D eigenvalue weighted by molar-refractivity contribution is 0.0938. The molecule has 18 heavy (non-hydrogen) atoms. The zero-order chi connectivity index (χ0) is 13.1. The van der Waals surface area contributed by atoms with Crippen LogP contribution in [0.25, 0.3) is 0 Å². The summed E-state index contributed by atoms with van der Waals surface area (Å²) in [4.78, 5) is 16.0. The summed E-state index contributed by atoms with van der Waals surface area (Å²) in [7, 11) is 0. The number of pyridine rings is 1. The predicted octanol–water partition coefficient (Wildman–Crippen LogP) is 2.78. The van der Waals surface area contributed by atoms with Crippen LogP contribution in [-0.4, -0.2) is 10.9 Å². The summed E-state index contributed by atoms with van der Waals surface area (Å²) in [5.74, 6) is 1.27. The number of aryl methyl sites for hydroxylation is 2. The van der Waals surface area contributed by atoms with E-state index >= 15 is 0 Å². The zero-order valence-electron chi connectivity index (χ0n) is 10.7. The number of carbonyl (C=O) groups is 1. The number of furan rings is 1. The predicted molar refractivity (Wildman–Crippen MR) is 68.3 cm³/mol. The van der Waals surface area contributed by atoms with Gasteiger partial charge in [-0.2, -0.15) is 0 Å². The van der Waals surface area contributed by atoms with E-state index in [2.05, 4.69) is 10.3 Å². The maximum atomic E-state index is 12.1. The lowest BCUT2D eigenvalue weighted by Gasteiger charge is -2.13. The van der Waals surface area contributed by atoms with Crippen LogP contribution >= 0.6 is 0 Å². The van der Waals surface area contributed by atoms with Gasteiger partial charge in [-0.05, 0) is 44.5 Å². The van der Waals surface area contributed by atoms with Crippen molar-refractivity contribution in [1.29, 1.82) is 0 Å². The fraction of sp³-hybridized carbons (Fsp3) is 0.286. The zero-order valence-corrected chi connectivity index (χ0v) is 10.7. The van der Waals surface area contributed by atoms with Crippen molar-refractivity contribution in [2.45, 2.75) is 26.8 Å². The average molecular weight is 244 g/mol. The van der Waals surface area contributed by atoms with Crippen LogP contribution < -0.4 is 5.32 Å². The highest BCUT2D eigenvalue weighted by molar-refractivity contribution is 5.95. The van der Waals surface area contributed by atoms with Crippen molar-refractivity contribution < 1.29 is 9.21 Å². The molecule has 1 amide bonds. The Labute approximate surface area is 106 Å². The Morgan fingerprint density at radius 2 is 2.00 bits per heavy atom. The minimum absolute atomic E-state index is 0.0601. The van der Waals surface area contributed by atoms with Crippen LogP contribution in [-0.2, 0) is 0 Å². The Morgan fingerprint density at radius 1 is 1.33 bits per heavy atom. The molecule has 0 radical (unpaired) electrons. The van der Waals surface area contributed by atoms with Gasteiger partial charge in [0.2, 0.25) is 0 Å². The summed E-state index contributed by atoms with van der Waals surface area (Å²) in [5, 5.41) is 2.94. The highest BCUT2D eigenvalue weighted by Crippen LogP contribution is 2.16. The first-order chi connectivity index (χ1) is 8.58. The molecule has 0 aliphatic rings. The molecule has 0 fully saturated rings. The third kappa shape index (κ3) is 2.59. The van der Waals surface area contributed by atoms with E-state index in [0.717, 1.165) is 11.3 Å². The Hall–Kier alpha value is -2.10. The molecule has 94 valence electrons. The smallest absolute Gasteiger partial charge is 0.255 e. The molecule has 0 aliphatic heterocycles. The second-order valence-electron chi connectivity index (χ2n) is 4.30. The molecule has 4 nitrogen and oxygen atoms in total. The number of nitrogens with zero attached hydrogens (tertiary/aromatic N) is 1. The summed E-state index contributed by atoms with van der Waals surface area (Å²) in [5.41, 5.74) is 1.62. The third-order valence-corrected chi connectivity index (χ3v) is 2.84. The second-order valence-corrected chi connectivity index (χ2v) is 4.30. The van der Waals surface area contributed by atoms with E-state index in [0.29, 0.717) is 11.3 Å². The summed E-state index contributed by atoms with van der Waals surface area (Å²) in [6.45, 7) is 5.56. The van der Waals surface area contributed by atoms with Crippen LogP contribution in [0.3, 0.4) is 0 Å². The molecule has 2 aromatic rings. The molecule has 0 spiro atoms. The molecule has 0 bridgehead atoms. The van der Waals surface area contributed by atoms with Crippen LogP contribution in [0.4, 0.5) is 0 Å². The van der Waals surface area contributed by atoms with Crippen LogP contribution in [0, 0.1) is 13.8 Å². The highest BCUT2D eigenvalue weighted by atomic mass is 16.3. The monoisotopic (exact) mass is 244 g/mol. The summed E-state index contributed by atoms with van der Waals surface area (Å²) < 4.78 is 5.35. The van der Waals surface area contributed by atoms with Gasteiger partial charge in [-0.25, -0.2) is 0 Å². The largest absolute Gasteiger partial charge is 0.466 e. The molecular formula is C14H16N2O2. The fourth-order valence-electron chi connectivity index (χ4n) is 1.87. The summed E-state index contributed by atoms with van der Waals surface area (Å²) in [6.07, 6.45) is 3.43. The molecule has 0 saturated carbocycles. The van der Waals surface area contributed by atoms with Gasteiger partial charge in [0.15, 0.2) is 0 Å². The Balaban J connectivity index is 2.10. The number of nitrogens with one attached hydrogen (secondary N) is 1. The first-order valence-electron chi connectivity index (χ1n) is 5.85. The molecule has 1 atom stereocenters. The van der Waals surface area contributed by atoms with E-state index < -0.39 is 0 Å². The van der Waals surface area contributed by atoms with E-state index in [9.17, 15) is 4.79 Å². The lowest BCUT2D eigenvalue weighted by atomic mass is 10.1. The van der Waals surface area contributed by atoms with Crippen LogP contribution in [0.5, 0.6) is 0 Å². The molecule has 1 N–H and O–H groups in total. The molecule has 4 heteroatoms. The minimum atomic E-state index is -0.117. The van der Waals surface area contributed by atoms with Crippen molar-refractivity contribution in [3.8, 4) is 0 Å². The topological polar surface area (TPSA) is 55.1 Å². The van der Waals surface area contributed by atoms with Gasteiger partial charge in [0, 0.05) is 12.4 Å². The highest BCUT2D eigenvalue weighted by Gasteiger charge is 2.16. The van der Waals surface area contributed by atoms with E-state index in [1.807, 2.05) is 26.0 Å². The summed E-state index contributed by atoms with van der Waals surface area (Å²) >= 11 is 0. The number of hydrogen-bond donors (Lipinski definition) is 1. The molecular weight excluding hydrogens is 228 g/mol. The van der Waals surface area contributed by atoms with E-state index in [-0.39, 0.29) is 11.9 Å². The van der Waals surface area contributed by atoms with E-state index in [1.165, 1.54) is 0 Å². The molecule has 2 rings (SSSR count). The van der Waals surface area contributed by atoms with Gasteiger partial charge in [-0.15, -0.1) is 0 Å². The lowest BCUT2D eigenvalue weighted by Crippen LogP contribution is -2.26. The van der Waals surface area contributed by atoms with Crippen molar-refractivity contribution in [3.63, 3.8) is 0 Å². The quantitative estimate of drug-likeness (QED) is 0.903. The van der Waals surface area contributed by atoms with Gasteiger partial charge >= 0.3 is 0 Å². The number of aromatic nitrogens is 1. The van der Waals surface area contributed by atoms with Crippen LogP contribution in [0.2, 0.25) is 0 Å². The van der Waals surface area contributed by atoms with Crippen molar-refractivity contribution in [1.82, 2.24) is 10.3 Å². The molecule has 2 heterocycles. The second kappa shape index (κ2) is 5.04. The molecule has 0 unspecified atom stereocenters. The van der Waals surface area contributed by atoms with Crippen molar-refractivity contribution in [2.75, 3.05) is 0 Å². The van der Waals surface area contributed by atoms with Crippen LogP contribution in [0.1, 0.15) is 40.4 Å². The molecule has 2 aromatic heterocycles. The third-order valence-electron chi connectivity index (χ3n) is 2.84. The first kappa shape index (κ1) is 12.4. The fourth-order valence-corrected chi connectivity index (χ4v) is 1.87. The van der Waals surface area contributed by atoms with Gasteiger partial charge in [-0.3, -0.25) is 9.78 Å². The number of amides is 1. The molecule has 0 aromatic carbocycles.